The number of aryl methyl sites for hydroxylation is 1. The van der Waals surface area contributed by atoms with Crippen LogP contribution in [0.2, 0.25) is 0 Å². The molecule has 2 aromatic rings. The summed E-state index contributed by atoms with van der Waals surface area (Å²) in [5.41, 5.74) is 1.86. The standard InChI is InChI=1S/C23H23N3O3S/c1-13-7-9-14(10-8-13)26-20(27)18-17(11-12-30-2)25-23(19(18)21(26)28)15-5-3-4-6-16(15)24-22(23)29/h3-10,17-19,25H,11-12H2,1-2H3,(H,24,29)/t17-,18+,19-,23+/m0/s1. The second-order valence-electron chi connectivity index (χ2n) is 8.19. The zero-order chi connectivity index (χ0) is 21.0. The third-order valence-electron chi connectivity index (χ3n) is 6.55. The fraction of sp³-hybridized carbons (Fsp3) is 0.348. The molecule has 1 spiro atoms. The van der Waals surface area contributed by atoms with Crippen molar-refractivity contribution in [3.8, 4) is 0 Å². The van der Waals surface area contributed by atoms with Crippen molar-refractivity contribution in [2.75, 3.05) is 22.2 Å². The molecule has 6 nitrogen and oxygen atoms in total. The van der Waals surface area contributed by atoms with E-state index in [1.165, 1.54) is 4.90 Å². The number of amides is 3. The Bertz CT molecular complexity index is 1050. The van der Waals surface area contributed by atoms with Gasteiger partial charge < -0.3 is 5.32 Å². The Hall–Kier alpha value is -2.64. The van der Waals surface area contributed by atoms with Crippen LogP contribution in [-0.2, 0) is 19.9 Å². The van der Waals surface area contributed by atoms with E-state index in [1.54, 1.807) is 23.9 Å². The number of imide groups is 1. The molecule has 3 aliphatic rings. The number of para-hydroxylation sites is 1. The molecule has 3 heterocycles. The summed E-state index contributed by atoms with van der Waals surface area (Å²) in [6, 6.07) is 14.6. The summed E-state index contributed by atoms with van der Waals surface area (Å²) >= 11 is 1.69. The van der Waals surface area contributed by atoms with Gasteiger partial charge in [-0.2, -0.15) is 11.8 Å². The van der Waals surface area contributed by atoms with E-state index in [1.807, 2.05) is 49.6 Å². The highest BCUT2D eigenvalue weighted by molar-refractivity contribution is 7.98. The van der Waals surface area contributed by atoms with Crippen LogP contribution in [0.5, 0.6) is 0 Å². The lowest BCUT2D eigenvalue weighted by Gasteiger charge is -2.29. The minimum Gasteiger partial charge on any atom is -0.324 e. The first-order valence-electron chi connectivity index (χ1n) is 10.1. The summed E-state index contributed by atoms with van der Waals surface area (Å²) < 4.78 is 0. The molecule has 0 radical (unpaired) electrons. The molecule has 2 aromatic carbocycles. The van der Waals surface area contributed by atoms with E-state index in [0.717, 1.165) is 16.9 Å². The smallest absolute Gasteiger partial charge is 0.250 e. The average Bonchev–Trinajstić information content (AvgIpc) is 3.32. The maximum Gasteiger partial charge on any atom is 0.250 e. The lowest BCUT2D eigenvalue weighted by Crippen LogP contribution is -2.53. The van der Waals surface area contributed by atoms with Crippen LogP contribution >= 0.6 is 11.8 Å². The van der Waals surface area contributed by atoms with Crippen molar-refractivity contribution in [3.05, 3.63) is 59.7 Å². The Morgan fingerprint density at radius 2 is 1.77 bits per heavy atom. The molecule has 4 atom stereocenters. The minimum atomic E-state index is -1.21. The van der Waals surface area contributed by atoms with Crippen LogP contribution in [0.15, 0.2) is 48.5 Å². The number of fused-ring (bicyclic) bond motifs is 4. The van der Waals surface area contributed by atoms with Gasteiger partial charge in [0.05, 0.1) is 17.5 Å². The van der Waals surface area contributed by atoms with E-state index in [-0.39, 0.29) is 23.8 Å². The highest BCUT2D eigenvalue weighted by atomic mass is 32.2. The molecule has 3 aliphatic heterocycles. The van der Waals surface area contributed by atoms with Gasteiger partial charge in [0.25, 0.3) is 0 Å². The number of carbonyl (C=O) groups is 3. The number of nitrogens with one attached hydrogen (secondary N) is 2. The van der Waals surface area contributed by atoms with Crippen LogP contribution in [0.3, 0.4) is 0 Å². The summed E-state index contributed by atoms with van der Waals surface area (Å²) in [6.45, 7) is 1.96. The van der Waals surface area contributed by atoms with Crippen LogP contribution in [-0.4, -0.2) is 35.8 Å². The first-order valence-corrected chi connectivity index (χ1v) is 11.5. The fourth-order valence-electron chi connectivity index (χ4n) is 5.20. The van der Waals surface area contributed by atoms with Crippen molar-refractivity contribution in [2.45, 2.75) is 24.9 Å². The lowest BCUT2D eigenvalue weighted by molar-refractivity contribution is -0.130. The summed E-state index contributed by atoms with van der Waals surface area (Å²) in [7, 11) is 0. The number of thioether (sulfide) groups is 1. The van der Waals surface area contributed by atoms with E-state index in [2.05, 4.69) is 10.6 Å². The van der Waals surface area contributed by atoms with Crippen molar-refractivity contribution in [3.63, 3.8) is 0 Å². The predicted octanol–water partition coefficient (Wildman–Crippen LogP) is 2.67. The Kier molecular flexibility index (Phi) is 4.48. The molecular weight excluding hydrogens is 398 g/mol. The molecular formula is C23H23N3O3S. The summed E-state index contributed by atoms with van der Waals surface area (Å²) in [6.07, 6.45) is 2.72. The monoisotopic (exact) mass is 421 g/mol. The zero-order valence-electron chi connectivity index (χ0n) is 16.8. The van der Waals surface area contributed by atoms with Gasteiger partial charge in [0.2, 0.25) is 17.7 Å². The molecule has 5 rings (SSSR count). The molecule has 0 unspecified atom stereocenters. The van der Waals surface area contributed by atoms with Crippen LogP contribution < -0.4 is 15.5 Å². The Morgan fingerprint density at radius 3 is 2.50 bits per heavy atom. The van der Waals surface area contributed by atoms with Gasteiger partial charge in [0.15, 0.2) is 0 Å². The van der Waals surface area contributed by atoms with Gasteiger partial charge in [0.1, 0.15) is 5.54 Å². The van der Waals surface area contributed by atoms with Gasteiger partial charge in [-0.1, -0.05) is 35.9 Å². The minimum absolute atomic E-state index is 0.221. The molecule has 2 N–H and O–H groups in total. The van der Waals surface area contributed by atoms with E-state index in [0.29, 0.717) is 17.8 Å². The molecule has 7 heteroatoms. The number of hydrogen-bond acceptors (Lipinski definition) is 5. The van der Waals surface area contributed by atoms with E-state index in [4.69, 9.17) is 0 Å². The van der Waals surface area contributed by atoms with Crippen molar-refractivity contribution >= 4 is 40.9 Å². The number of nitrogens with zero attached hydrogens (tertiary/aromatic N) is 1. The summed E-state index contributed by atoms with van der Waals surface area (Å²) in [4.78, 5) is 41.8. The molecule has 0 saturated carbocycles. The van der Waals surface area contributed by atoms with E-state index >= 15 is 0 Å². The van der Waals surface area contributed by atoms with Gasteiger partial charge in [0, 0.05) is 17.3 Å². The molecule has 0 aliphatic carbocycles. The molecule has 2 fully saturated rings. The zero-order valence-corrected chi connectivity index (χ0v) is 17.7. The Labute approximate surface area is 179 Å². The van der Waals surface area contributed by atoms with Gasteiger partial charge in [-0.05, 0) is 43.6 Å². The largest absolute Gasteiger partial charge is 0.324 e. The number of anilines is 2. The normalized spacial score (nSPS) is 29.5. The third kappa shape index (κ3) is 2.51. The SMILES string of the molecule is CSCC[C@@H]1N[C@@]2(C(=O)Nc3ccccc32)[C@@H]2C(=O)N(c3ccc(C)cc3)C(=O)[C@H]12. The number of carbonyl (C=O) groups excluding carboxylic acids is 3. The molecule has 0 aromatic heterocycles. The van der Waals surface area contributed by atoms with Crippen LogP contribution in [0.4, 0.5) is 11.4 Å². The van der Waals surface area contributed by atoms with Crippen molar-refractivity contribution in [2.24, 2.45) is 11.8 Å². The van der Waals surface area contributed by atoms with Gasteiger partial charge in [-0.25, -0.2) is 4.90 Å². The van der Waals surface area contributed by atoms with Crippen molar-refractivity contribution in [1.82, 2.24) is 5.32 Å². The highest BCUT2D eigenvalue weighted by Crippen LogP contribution is 2.53. The summed E-state index contributed by atoms with van der Waals surface area (Å²) in [5, 5.41) is 6.39. The Balaban J connectivity index is 1.64. The molecule has 0 bridgehead atoms. The second kappa shape index (κ2) is 6.96. The maximum absolute atomic E-state index is 13.7. The van der Waals surface area contributed by atoms with Crippen LogP contribution in [0.25, 0.3) is 0 Å². The van der Waals surface area contributed by atoms with Gasteiger partial charge in [-0.15, -0.1) is 0 Å². The topological polar surface area (TPSA) is 78.5 Å². The summed E-state index contributed by atoms with van der Waals surface area (Å²) in [5.74, 6) is -1.27. The maximum atomic E-state index is 13.7. The van der Waals surface area contributed by atoms with Crippen LogP contribution in [0, 0.1) is 18.8 Å². The van der Waals surface area contributed by atoms with Gasteiger partial charge >= 0.3 is 0 Å². The predicted molar refractivity (Wildman–Crippen MR) is 117 cm³/mol. The molecule has 154 valence electrons. The van der Waals surface area contributed by atoms with E-state index in [9.17, 15) is 14.4 Å². The fourth-order valence-corrected chi connectivity index (χ4v) is 5.69. The number of rotatable bonds is 4. The van der Waals surface area contributed by atoms with Gasteiger partial charge in [-0.3, -0.25) is 19.7 Å². The molecule has 30 heavy (non-hydrogen) atoms. The average molecular weight is 422 g/mol. The molecule has 2 saturated heterocycles. The number of benzene rings is 2. The van der Waals surface area contributed by atoms with E-state index < -0.39 is 17.4 Å². The third-order valence-corrected chi connectivity index (χ3v) is 7.19. The molecule has 3 amide bonds. The highest BCUT2D eigenvalue weighted by Gasteiger charge is 2.70. The Morgan fingerprint density at radius 1 is 1.03 bits per heavy atom. The number of hydrogen-bond donors (Lipinski definition) is 2. The quantitative estimate of drug-likeness (QED) is 0.742. The van der Waals surface area contributed by atoms with Crippen molar-refractivity contribution in [1.29, 1.82) is 0 Å². The lowest BCUT2D eigenvalue weighted by atomic mass is 9.76. The first kappa shape index (κ1) is 19.3. The first-order chi connectivity index (χ1) is 14.5. The van der Waals surface area contributed by atoms with Crippen molar-refractivity contribution < 1.29 is 14.4 Å². The second-order valence-corrected chi connectivity index (χ2v) is 9.18. The van der Waals surface area contributed by atoms with Crippen LogP contribution in [0.1, 0.15) is 17.5 Å².